The van der Waals surface area contributed by atoms with E-state index < -0.39 is 0 Å². The summed E-state index contributed by atoms with van der Waals surface area (Å²) in [6.07, 6.45) is 0. The van der Waals surface area contributed by atoms with Gasteiger partial charge < -0.3 is 5.73 Å². The first-order chi connectivity index (χ1) is 11.3. The van der Waals surface area contributed by atoms with E-state index in [-0.39, 0.29) is 0 Å². The third kappa shape index (κ3) is 2.47. The van der Waals surface area contributed by atoms with Crippen molar-refractivity contribution in [3.05, 3.63) is 72.3 Å². The molecule has 2 N–H and O–H groups in total. The number of nitrogens with zero attached hydrogens (tertiary/aromatic N) is 4. The summed E-state index contributed by atoms with van der Waals surface area (Å²) >= 11 is 0. The molecule has 5 nitrogen and oxygen atoms in total. The molecule has 5 heteroatoms. The minimum atomic E-state index is 0.525. The normalized spacial score (nSPS) is 11.0. The molecular formula is C18H15N5. The van der Waals surface area contributed by atoms with Gasteiger partial charge in [0.1, 0.15) is 0 Å². The van der Waals surface area contributed by atoms with Crippen molar-refractivity contribution in [2.24, 2.45) is 5.73 Å². The molecule has 0 unspecified atom stereocenters. The van der Waals surface area contributed by atoms with Crippen molar-refractivity contribution in [2.45, 2.75) is 6.54 Å². The highest BCUT2D eigenvalue weighted by atomic mass is 15.4. The van der Waals surface area contributed by atoms with Crippen LogP contribution in [0.4, 0.5) is 0 Å². The van der Waals surface area contributed by atoms with Crippen molar-refractivity contribution >= 4 is 5.65 Å². The van der Waals surface area contributed by atoms with Gasteiger partial charge in [-0.05, 0) is 17.7 Å². The van der Waals surface area contributed by atoms with Gasteiger partial charge in [0.25, 0.3) is 0 Å². The highest BCUT2D eigenvalue weighted by Crippen LogP contribution is 2.21. The molecule has 2 heterocycles. The Labute approximate surface area is 133 Å². The zero-order chi connectivity index (χ0) is 15.6. The van der Waals surface area contributed by atoms with Gasteiger partial charge in [0, 0.05) is 17.7 Å². The maximum Gasteiger partial charge on any atom is 0.185 e. The number of aromatic nitrogens is 4. The molecule has 0 bridgehead atoms. The minimum Gasteiger partial charge on any atom is -0.326 e. The zero-order valence-corrected chi connectivity index (χ0v) is 12.4. The second-order valence-corrected chi connectivity index (χ2v) is 5.28. The van der Waals surface area contributed by atoms with E-state index in [1.807, 2.05) is 66.7 Å². The van der Waals surface area contributed by atoms with E-state index in [4.69, 9.17) is 10.8 Å². The number of benzene rings is 2. The lowest BCUT2D eigenvalue weighted by atomic mass is 10.1. The van der Waals surface area contributed by atoms with E-state index >= 15 is 0 Å². The molecule has 0 saturated heterocycles. The average Bonchev–Trinajstić information content (AvgIpc) is 3.05. The van der Waals surface area contributed by atoms with Crippen molar-refractivity contribution < 1.29 is 0 Å². The summed E-state index contributed by atoms with van der Waals surface area (Å²) in [4.78, 5) is 0. The summed E-state index contributed by atoms with van der Waals surface area (Å²) < 4.78 is 1.78. The summed E-state index contributed by atoms with van der Waals surface area (Å²) in [7, 11) is 0. The van der Waals surface area contributed by atoms with Crippen molar-refractivity contribution in [3.63, 3.8) is 0 Å². The van der Waals surface area contributed by atoms with Crippen LogP contribution in [0.2, 0.25) is 0 Å². The van der Waals surface area contributed by atoms with Crippen LogP contribution < -0.4 is 5.73 Å². The number of fused-ring (bicyclic) bond motifs is 1. The Bertz CT molecular complexity index is 942. The van der Waals surface area contributed by atoms with Gasteiger partial charge >= 0.3 is 0 Å². The van der Waals surface area contributed by atoms with Crippen LogP contribution in [0.15, 0.2) is 66.7 Å². The van der Waals surface area contributed by atoms with Crippen LogP contribution in [0.25, 0.3) is 28.3 Å². The largest absolute Gasteiger partial charge is 0.326 e. The maximum atomic E-state index is 5.65. The van der Waals surface area contributed by atoms with Crippen LogP contribution >= 0.6 is 0 Å². The van der Waals surface area contributed by atoms with Crippen molar-refractivity contribution in [2.75, 3.05) is 0 Å². The molecule has 0 aliphatic carbocycles. The first-order valence-electron chi connectivity index (χ1n) is 7.42. The Morgan fingerprint density at radius 3 is 2.30 bits per heavy atom. The lowest BCUT2D eigenvalue weighted by Gasteiger charge is -2.04. The second-order valence-electron chi connectivity index (χ2n) is 5.28. The molecule has 2 aromatic heterocycles. The second kappa shape index (κ2) is 5.62. The van der Waals surface area contributed by atoms with Gasteiger partial charge in [0.15, 0.2) is 11.5 Å². The van der Waals surface area contributed by atoms with Gasteiger partial charge in [-0.3, -0.25) is 0 Å². The van der Waals surface area contributed by atoms with Gasteiger partial charge in [0.05, 0.1) is 5.69 Å². The van der Waals surface area contributed by atoms with Crippen LogP contribution in [-0.2, 0) is 6.54 Å². The van der Waals surface area contributed by atoms with Gasteiger partial charge in [0.2, 0.25) is 0 Å². The highest BCUT2D eigenvalue weighted by molar-refractivity contribution is 5.63. The molecule has 23 heavy (non-hydrogen) atoms. The van der Waals surface area contributed by atoms with Gasteiger partial charge in [-0.25, -0.2) is 0 Å². The summed E-state index contributed by atoms with van der Waals surface area (Å²) in [5.41, 5.74) is 10.4. The fourth-order valence-corrected chi connectivity index (χ4v) is 2.52. The number of hydrogen-bond acceptors (Lipinski definition) is 4. The Morgan fingerprint density at radius 1 is 0.783 bits per heavy atom. The molecule has 112 valence electrons. The molecule has 0 atom stereocenters. The predicted molar refractivity (Wildman–Crippen MR) is 89.5 cm³/mol. The number of nitrogens with two attached hydrogens (primary N) is 1. The lowest BCUT2D eigenvalue weighted by Crippen LogP contribution is -1.98. The molecule has 4 aromatic rings. The van der Waals surface area contributed by atoms with E-state index in [2.05, 4.69) is 10.2 Å². The topological polar surface area (TPSA) is 69.1 Å². The van der Waals surface area contributed by atoms with Crippen LogP contribution in [-0.4, -0.2) is 19.8 Å². The average molecular weight is 301 g/mol. The van der Waals surface area contributed by atoms with Crippen LogP contribution in [0.5, 0.6) is 0 Å². The fraction of sp³-hybridized carbons (Fsp3) is 0.0556. The van der Waals surface area contributed by atoms with E-state index in [1.54, 1.807) is 4.52 Å². The summed E-state index contributed by atoms with van der Waals surface area (Å²) in [5.74, 6) is 0.723. The monoisotopic (exact) mass is 301 g/mol. The Morgan fingerprint density at radius 2 is 1.57 bits per heavy atom. The molecule has 0 fully saturated rings. The minimum absolute atomic E-state index is 0.525. The maximum absolute atomic E-state index is 5.65. The molecule has 0 spiro atoms. The van der Waals surface area contributed by atoms with Gasteiger partial charge in [-0.15, -0.1) is 10.2 Å². The van der Waals surface area contributed by atoms with Crippen LogP contribution in [0.1, 0.15) is 5.56 Å². The molecule has 0 aliphatic rings. The van der Waals surface area contributed by atoms with E-state index in [1.165, 1.54) is 0 Å². The zero-order valence-electron chi connectivity index (χ0n) is 12.4. The fourth-order valence-electron chi connectivity index (χ4n) is 2.52. The molecule has 2 aromatic carbocycles. The SMILES string of the molecule is NCc1ccc(-c2nnc3ccc(-c4ccccc4)nn23)cc1. The molecular weight excluding hydrogens is 286 g/mol. The third-order valence-electron chi connectivity index (χ3n) is 3.78. The van der Waals surface area contributed by atoms with Gasteiger partial charge in [-0.2, -0.15) is 9.61 Å². The Kier molecular flexibility index (Phi) is 3.33. The summed E-state index contributed by atoms with van der Waals surface area (Å²) in [6.45, 7) is 0.525. The molecule has 0 aliphatic heterocycles. The predicted octanol–water partition coefficient (Wildman–Crippen LogP) is 2.92. The van der Waals surface area contributed by atoms with Crippen LogP contribution in [0.3, 0.4) is 0 Å². The van der Waals surface area contributed by atoms with E-state index in [0.717, 1.165) is 33.9 Å². The smallest absolute Gasteiger partial charge is 0.185 e. The van der Waals surface area contributed by atoms with E-state index in [9.17, 15) is 0 Å². The lowest BCUT2D eigenvalue weighted by molar-refractivity contribution is 0.941. The van der Waals surface area contributed by atoms with E-state index in [0.29, 0.717) is 6.54 Å². The number of hydrogen-bond donors (Lipinski definition) is 1. The first kappa shape index (κ1) is 13.6. The molecule has 0 radical (unpaired) electrons. The van der Waals surface area contributed by atoms with Crippen molar-refractivity contribution in [3.8, 4) is 22.6 Å². The van der Waals surface area contributed by atoms with Gasteiger partial charge in [-0.1, -0.05) is 54.6 Å². The van der Waals surface area contributed by atoms with Crippen LogP contribution in [0, 0.1) is 0 Å². The number of rotatable bonds is 3. The molecule has 4 rings (SSSR count). The third-order valence-corrected chi connectivity index (χ3v) is 3.78. The molecule has 0 amide bonds. The Balaban J connectivity index is 1.84. The molecule has 0 saturated carbocycles. The quantitative estimate of drug-likeness (QED) is 0.631. The first-order valence-corrected chi connectivity index (χ1v) is 7.42. The summed E-state index contributed by atoms with van der Waals surface area (Å²) in [6, 6.07) is 21.9. The highest BCUT2D eigenvalue weighted by Gasteiger charge is 2.10. The van der Waals surface area contributed by atoms with Crippen molar-refractivity contribution in [1.29, 1.82) is 0 Å². The Hall–Kier alpha value is -3.05. The van der Waals surface area contributed by atoms with Crippen molar-refractivity contribution in [1.82, 2.24) is 19.8 Å². The standard InChI is InChI=1S/C18H15N5/c19-12-13-6-8-15(9-7-13)18-21-20-17-11-10-16(22-23(17)18)14-4-2-1-3-5-14/h1-11H,12,19H2. The summed E-state index contributed by atoms with van der Waals surface area (Å²) in [5, 5.41) is 13.2.